The number of para-hydroxylation sites is 3. The number of anilines is 1. The SMILES string of the molecule is Nc1c(C(=O)NC[C@@H]2CCCO2)c2nc3ccccc3nc2n1/N=C\c1c[nH]c2ccccc12. The minimum absolute atomic E-state index is 0.0188. The van der Waals surface area contributed by atoms with E-state index < -0.39 is 0 Å². The molecular weight excluding hydrogens is 430 g/mol. The van der Waals surface area contributed by atoms with Crippen LogP contribution in [0.2, 0.25) is 0 Å². The van der Waals surface area contributed by atoms with E-state index >= 15 is 0 Å². The Morgan fingerprint density at radius 2 is 2.00 bits per heavy atom. The molecule has 1 fully saturated rings. The summed E-state index contributed by atoms with van der Waals surface area (Å²) in [5.41, 5.74) is 10.9. The zero-order valence-corrected chi connectivity index (χ0v) is 18.4. The number of fused-ring (bicyclic) bond motifs is 3. The van der Waals surface area contributed by atoms with Gasteiger partial charge < -0.3 is 20.8 Å². The van der Waals surface area contributed by atoms with Crippen molar-refractivity contribution in [1.29, 1.82) is 0 Å². The summed E-state index contributed by atoms with van der Waals surface area (Å²) >= 11 is 0. The molecule has 1 amide bonds. The zero-order valence-electron chi connectivity index (χ0n) is 18.4. The molecule has 0 unspecified atom stereocenters. The van der Waals surface area contributed by atoms with E-state index in [4.69, 9.17) is 20.4 Å². The number of aromatic amines is 1. The largest absolute Gasteiger partial charge is 0.383 e. The Morgan fingerprint density at radius 1 is 1.21 bits per heavy atom. The lowest BCUT2D eigenvalue weighted by molar-refractivity contribution is 0.0859. The van der Waals surface area contributed by atoms with Gasteiger partial charge in [-0.25, -0.2) is 9.97 Å². The summed E-state index contributed by atoms with van der Waals surface area (Å²) in [4.78, 5) is 25.9. The van der Waals surface area contributed by atoms with Gasteiger partial charge in [0.15, 0.2) is 5.65 Å². The number of benzene rings is 2. The van der Waals surface area contributed by atoms with Crippen LogP contribution in [-0.4, -0.2) is 51.0 Å². The number of amides is 1. The average molecular weight is 454 g/mol. The van der Waals surface area contributed by atoms with Crippen molar-refractivity contribution in [2.24, 2.45) is 5.10 Å². The van der Waals surface area contributed by atoms with Crippen molar-refractivity contribution in [2.45, 2.75) is 18.9 Å². The molecular formula is C25H23N7O2. The first-order valence-corrected chi connectivity index (χ1v) is 11.3. The predicted molar refractivity (Wildman–Crippen MR) is 132 cm³/mol. The first kappa shape index (κ1) is 20.4. The van der Waals surface area contributed by atoms with E-state index in [2.05, 4.69) is 15.4 Å². The number of nitrogens with two attached hydrogens (primary N) is 1. The van der Waals surface area contributed by atoms with Gasteiger partial charge in [0, 0.05) is 35.8 Å². The second-order valence-electron chi connectivity index (χ2n) is 8.34. The summed E-state index contributed by atoms with van der Waals surface area (Å²) in [6, 6.07) is 15.5. The fourth-order valence-corrected chi connectivity index (χ4v) is 4.41. The van der Waals surface area contributed by atoms with Crippen molar-refractivity contribution in [1.82, 2.24) is 24.9 Å². The lowest BCUT2D eigenvalue weighted by Crippen LogP contribution is -2.32. The number of ether oxygens (including phenoxy) is 1. The molecule has 1 aliphatic heterocycles. The Balaban J connectivity index is 1.45. The van der Waals surface area contributed by atoms with Gasteiger partial charge in [-0.15, -0.1) is 0 Å². The molecule has 0 bridgehead atoms. The maximum atomic E-state index is 13.2. The summed E-state index contributed by atoms with van der Waals surface area (Å²) in [7, 11) is 0. The van der Waals surface area contributed by atoms with Crippen LogP contribution in [0.1, 0.15) is 28.8 Å². The number of carbonyl (C=O) groups excluding carboxylic acids is 1. The Bertz CT molecular complexity index is 1560. The molecule has 1 atom stereocenters. The van der Waals surface area contributed by atoms with Crippen molar-refractivity contribution in [3.8, 4) is 0 Å². The van der Waals surface area contributed by atoms with Crippen molar-refractivity contribution >= 4 is 51.0 Å². The standard InChI is InChI=1S/C25H23N7O2/c26-23-21(25(33)28-14-16-6-5-11-34-16)22-24(31-20-10-4-3-9-19(20)30-22)32(23)29-13-15-12-27-18-8-2-1-7-17(15)18/h1-4,7-10,12-13,16,27H,5-6,11,14,26H2,(H,28,33)/b29-13-/t16-/m0/s1. The number of H-pyrrole nitrogens is 1. The molecule has 0 aliphatic carbocycles. The summed E-state index contributed by atoms with van der Waals surface area (Å²) in [5, 5.41) is 8.60. The maximum absolute atomic E-state index is 13.2. The number of nitrogens with zero attached hydrogens (tertiary/aromatic N) is 4. The number of rotatable bonds is 5. The number of aromatic nitrogens is 4. The molecule has 9 heteroatoms. The van der Waals surface area contributed by atoms with Crippen molar-refractivity contribution in [3.05, 3.63) is 65.9 Å². The number of carbonyl (C=O) groups is 1. The van der Waals surface area contributed by atoms with Gasteiger partial charge in [0.2, 0.25) is 0 Å². The molecule has 0 radical (unpaired) electrons. The van der Waals surface area contributed by atoms with Crippen LogP contribution < -0.4 is 11.1 Å². The van der Waals surface area contributed by atoms with Gasteiger partial charge in [0.05, 0.1) is 23.4 Å². The van der Waals surface area contributed by atoms with E-state index in [0.29, 0.717) is 28.7 Å². The number of nitrogens with one attached hydrogen (secondary N) is 2. The molecule has 170 valence electrons. The third-order valence-electron chi connectivity index (χ3n) is 6.15. The minimum Gasteiger partial charge on any atom is -0.383 e. The molecule has 34 heavy (non-hydrogen) atoms. The summed E-state index contributed by atoms with van der Waals surface area (Å²) in [6.07, 6.45) is 5.54. The Kier molecular flexibility index (Phi) is 4.96. The van der Waals surface area contributed by atoms with Gasteiger partial charge in [-0.3, -0.25) is 4.79 Å². The minimum atomic E-state index is -0.316. The summed E-state index contributed by atoms with van der Waals surface area (Å²) in [6.45, 7) is 1.15. The van der Waals surface area contributed by atoms with Gasteiger partial charge >= 0.3 is 0 Å². The van der Waals surface area contributed by atoms with Gasteiger partial charge in [-0.05, 0) is 31.0 Å². The monoisotopic (exact) mass is 453 g/mol. The molecule has 0 spiro atoms. The van der Waals surface area contributed by atoms with Gasteiger partial charge in [0.25, 0.3) is 5.91 Å². The van der Waals surface area contributed by atoms with E-state index in [9.17, 15) is 4.79 Å². The maximum Gasteiger partial charge on any atom is 0.257 e. The Morgan fingerprint density at radius 3 is 2.82 bits per heavy atom. The quantitative estimate of drug-likeness (QED) is 0.352. The molecule has 6 rings (SSSR count). The van der Waals surface area contributed by atoms with E-state index in [-0.39, 0.29) is 23.4 Å². The van der Waals surface area contributed by atoms with E-state index in [1.54, 1.807) is 6.21 Å². The molecule has 1 saturated heterocycles. The normalized spacial score (nSPS) is 16.3. The second-order valence-corrected chi connectivity index (χ2v) is 8.34. The first-order valence-electron chi connectivity index (χ1n) is 11.3. The smallest absolute Gasteiger partial charge is 0.257 e. The lowest BCUT2D eigenvalue weighted by Gasteiger charge is -2.10. The molecule has 4 N–H and O–H groups in total. The fourth-order valence-electron chi connectivity index (χ4n) is 4.41. The molecule has 1 aliphatic rings. The number of hydrogen-bond acceptors (Lipinski definition) is 6. The van der Waals surface area contributed by atoms with E-state index in [1.807, 2.05) is 54.7 Å². The van der Waals surface area contributed by atoms with E-state index in [1.165, 1.54) is 4.68 Å². The summed E-state index contributed by atoms with van der Waals surface area (Å²) in [5.74, 6) is -0.130. The lowest BCUT2D eigenvalue weighted by atomic mass is 10.2. The Hall–Kier alpha value is -4.24. The third kappa shape index (κ3) is 3.46. The third-order valence-corrected chi connectivity index (χ3v) is 6.15. The molecule has 2 aromatic carbocycles. The van der Waals surface area contributed by atoms with Crippen LogP contribution >= 0.6 is 0 Å². The van der Waals surface area contributed by atoms with Crippen molar-refractivity contribution in [2.75, 3.05) is 18.9 Å². The van der Waals surface area contributed by atoms with Crippen LogP contribution in [0.25, 0.3) is 33.1 Å². The number of nitrogen functional groups attached to an aromatic ring is 1. The van der Waals surface area contributed by atoms with Crippen molar-refractivity contribution in [3.63, 3.8) is 0 Å². The van der Waals surface area contributed by atoms with Crippen LogP contribution in [0.4, 0.5) is 5.82 Å². The highest BCUT2D eigenvalue weighted by Gasteiger charge is 2.25. The highest BCUT2D eigenvalue weighted by Crippen LogP contribution is 2.28. The topological polar surface area (TPSA) is 123 Å². The van der Waals surface area contributed by atoms with Crippen LogP contribution in [0.5, 0.6) is 0 Å². The highest BCUT2D eigenvalue weighted by molar-refractivity contribution is 6.11. The van der Waals surface area contributed by atoms with Gasteiger partial charge in [-0.1, -0.05) is 30.3 Å². The van der Waals surface area contributed by atoms with Crippen LogP contribution in [-0.2, 0) is 4.74 Å². The van der Waals surface area contributed by atoms with Gasteiger partial charge in [-0.2, -0.15) is 9.78 Å². The zero-order chi connectivity index (χ0) is 23.1. The van der Waals surface area contributed by atoms with Crippen LogP contribution in [0.15, 0.2) is 59.8 Å². The van der Waals surface area contributed by atoms with Crippen LogP contribution in [0, 0.1) is 0 Å². The Labute approximate surface area is 194 Å². The summed E-state index contributed by atoms with van der Waals surface area (Å²) < 4.78 is 7.11. The molecule has 5 aromatic rings. The predicted octanol–water partition coefficient (Wildman–Crippen LogP) is 3.44. The average Bonchev–Trinajstić information content (AvgIpc) is 3.58. The van der Waals surface area contributed by atoms with Crippen LogP contribution in [0.3, 0.4) is 0 Å². The molecule has 0 saturated carbocycles. The highest BCUT2D eigenvalue weighted by atomic mass is 16.5. The molecule has 9 nitrogen and oxygen atoms in total. The second kappa shape index (κ2) is 8.27. The first-order chi connectivity index (χ1) is 16.7. The van der Waals surface area contributed by atoms with Crippen molar-refractivity contribution < 1.29 is 9.53 Å². The molecule has 4 heterocycles. The van der Waals surface area contributed by atoms with E-state index in [0.717, 1.165) is 35.9 Å². The number of hydrogen-bond donors (Lipinski definition) is 3. The fraction of sp³-hybridized carbons (Fsp3) is 0.200. The van der Waals surface area contributed by atoms with Gasteiger partial charge in [0.1, 0.15) is 16.9 Å². The molecule has 3 aromatic heterocycles.